The normalized spacial score (nSPS) is 20.9. The fourth-order valence-electron chi connectivity index (χ4n) is 17.9. The van der Waals surface area contributed by atoms with Crippen molar-refractivity contribution in [1.82, 2.24) is 85.6 Å². The van der Waals surface area contributed by atoms with E-state index in [1.807, 2.05) is 76.5 Å². The summed E-state index contributed by atoms with van der Waals surface area (Å²) in [6, 6.07) is 34.2. The SMILES string of the molecule is C.C.C.CN1CCN(C2CCC(c3cnc4c(c3)c(-c3cnn(C)c3)cn4S(=O)(=O)c3ccccc3)CC2)CC1.CN1CCN(C2CCC(c3cnc4c(c3)c(-c3cnn(C)c3)cn4S(=O)(=O)c3ccccc3)CC2)CC1.CN1CCN(C2CCC(c3cnc4c(c3)c(-c3cnn(C)c3)cn4S(=O)(=O)c3ccccc3)CC2)CC1.[B].[NH]=[Al]. The van der Waals surface area contributed by atoms with Crippen LogP contribution in [0.2, 0.25) is 0 Å². The molecule has 6 aliphatic rings. The van der Waals surface area contributed by atoms with Crippen molar-refractivity contribution < 1.29 is 25.3 Å². The Hall–Kier alpha value is -8.63. The first kappa shape index (κ1) is 89.2. The van der Waals surface area contributed by atoms with Crippen LogP contribution in [0.3, 0.4) is 0 Å². The third kappa shape index (κ3) is 19.2. The monoisotopic (exact) mass is 1660 g/mol. The van der Waals surface area contributed by atoms with Crippen molar-refractivity contribution in [3.63, 3.8) is 0 Å². The van der Waals surface area contributed by atoms with Crippen molar-refractivity contribution in [2.75, 3.05) is 99.7 Å². The summed E-state index contributed by atoms with van der Waals surface area (Å²) in [5.41, 5.74) is 10.1. The Morgan fingerprint density at radius 1 is 0.325 bits per heavy atom. The number of likely N-dealkylation sites (N-methyl/N-ethyl adjacent to an activating group) is 3. The summed E-state index contributed by atoms with van der Waals surface area (Å²) in [5, 5.41) is 15.5. The average molecular weight is 1660 g/mol. The second kappa shape index (κ2) is 38.6. The summed E-state index contributed by atoms with van der Waals surface area (Å²) in [5.74, 6) is 1.32. The zero-order valence-corrected chi connectivity index (χ0v) is 69.7. The van der Waals surface area contributed by atoms with Gasteiger partial charge in [0.25, 0.3) is 30.1 Å². The van der Waals surface area contributed by atoms with Crippen LogP contribution in [0.1, 0.15) is 134 Å². The summed E-state index contributed by atoms with van der Waals surface area (Å²) in [4.78, 5) is 30.3. The number of nitrogens with one attached hydrogen (secondary N) is 1. The molecule has 3 saturated heterocycles. The average Bonchev–Trinajstić information content (AvgIpc) is 1.61. The molecule has 3 saturated carbocycles. The predicted octanol–water partition coefficient (Wildman–Crippen LogP) is 13.3. The van der Waals surface area contributed by atoms with Crippen LogP contribution in [0.4, 0.5) is 0 Å². The van der Waals surface area contributed by atoms with Gasteiger partial charge < -0.3 is 14.7 Å². The minimum atomic E-state index is -3.79. The van der Waals surface area contributed by atoms with E-state index in [9.17, 15) is 25.3 Å². The van der Waals surface area contributed by atoms with Gasteiger partial charge in [0.1, 0.15) is 0 Å². The third-order valence-corrected chi connectivity index (χ3v) is 29.5. The van der Waals surface area contributed by atoms with Crippen LogP contribution in [0.25, 0.3) is 66.5 Å². The number of aryl methyl sites for hydroxylation is 3. The molecule has 0 unspecified atom stereocenters. The first-order valence-electron chi connectivity index (χ1n) is 39.7. The van der Waals surface area contributed by atoms with Crippen LogP contribution in [0.5, 0.6) is 0 Å². The van der Waals surface area contributed by atoms with Gasteiger partial charge in [0.2, 0.25) is 0 Å². The van der Waals surface area contributed by atoms with E-state index < -0.39 is 30.1 Å². The number of hydrogen-bond acceptors (Lipinski definition) is 19. The summed E-state index contributed by atoms with van der Waals surface area (Å²) in [6.45, 7) is 13.9. The number of hydrogen-bond donors (Lipinski definition) is 1. The summed E-state index contributed by atoms with van der Waals surface area (Å²) in [6.07, 6.45) is 35.9. The fourth-order valence-corrected chi connectivity index (χ4v) is 21.9. The van der Waals surface area contributed by atoms with E-state index in [1.165, 1.54) is 67.1 Å². The van der Waals surface area contributed by atoms with Gasteiger partial charge in [0, 0.05) is 232 Å². The number of piperazine rings is 3. The topological polar surface area (TPSA) is 253 Å². The summed E-state index contributed by atoms with van der Waals surface area (Å²) in [7, 11) is 0.845. The molecular weight excluding hydrogens is 1540 g/mol. The number of nitrogens with zero attached hydrogens (tertiary/aromatic N) is 18. The van der Waals surface area contributed by atoms with Gasteiger partial charge in [-0.3, -0.25) is 28.7 Å². The van der Waals surface area contributed by atoms with Gasteiger partial charge in [-0.2, -0.15) is 15.3 Å². The van der Waals surface area contributed by atoms with Crippen LogP contribution < -0.4 is 0 Å². The van der Waals surface area contributed by atoms with Gasteiger partial charge in [-0.25, -0.2) is 52.1 Å². The molecule has 117 heavy (non-hydrogen) atoms. The standard InChI is InChI=1S/3C28H34N6O2S.3CH4.Al.B.HN/c3*1-31-12-14-33(15-13-31)24-10-8-21(9-11-24)22-16-26-27(23-18-30-32(2)19-23)20-34(28(26)29-17-22)37(35,36)25-6-4-3-5-7-25;;;;;;/h3*3-7,16-21,24H,8-15H2,1-2H3;3*1H4;;;1H. The van der Waals surface area contributed by atoms with E-state index in [1.54, 1.807) is 140 Å². The molecule has 12 heterocycles. The van der Waals surface area contributed by atoms with Gasteiger partial charge in [-0.05, 0) is 187 Å². The number of pyridine rings is 3. The third-order valence-electron chi connectivity index (χ3n) is 24.5. The fraction of sp³-hybridized carbons (Fsp3) is 0.448. The maximum absolute atomic E-state index is 13.6. The van der Waals surface area contributed by atoms with Gasteiger partial charge in [0.15, 0.2) is 16.9 Å². The van der Waals surface area contributed by atoms with Crippen molar-refractivity contribution in [2.45, 2.75) is 150 Å². The van der Waals surface area contributed by atoms with Crippen molar-refractivity contribution in [3.8, 4) is 33.4 Å². The molecule has 3 aliphatic heterocycles. The number of aromatic nitrogens is 12. The van der Waals surface area contributed by atoms with Crippen LogP contribution in [-0.4, -0.2) is 253 Å². The molecule has 6 fully saturated rings. The Bertz CT molecular complexity index is 5070. The summed E-state index contributed by atoms with van der Waals surface area (Å²) < 4.78 is 96.4. The molecular formula is C87H115AlBN19O6S3. The molecule has 618 valence electrons. The molecule has 25 nitrogen and oxygen atoms in total. The van der Waals surface area contributed by atoms with Crippen molar-refractivity contribution >= 4 is 87.7 Å². The van der Waals surface area contributed by atoms with Gasteiger partial charge >= 0.3 is 20.4 Å². The zero-order valence-electron chi connectivity index (χ0n) is 66.1. The predicted molar refractivity (Wildman–Crippen MR) is 470 cm³/mol. The molecule has 3 aliphatic carbocycles. The molecule has 9 aromatic heterocycles. The maximum atomic E-state index is 13.6. The van der Waals surface area contributed by atoms with Crippen molar-refractivity contribution in [1.29, 1.82) is 4.35 Å². The van der Waals surface area contributed by atoms with Crippen molar-refractivity contribution in [3.05, 3.63) is 200 Å². The second-order valence-electron chi connectivity index (χ2n) is 31.6. The van der Waals surface area contributed by atoms with Gasteiger partial charge in [0.05, 0.1) is 33.3 Å². The Balaban J connectivity index is 0.000000168. The first-order valence-corrected chi connectivity index (χ1v) is 44.6. The molecule has 30 heteroatoms. The molecule has 0 spiro atoms. The molecule has 0 atom stereocenters. The molecule has 0 bridgehead atoms. The van der Waals surface area contributed by atoms with Crippen molar-refractivity contribution in [2.24, 2.45) is 21.1 Å². The number of fused-ring (bicyclic) bond motifs is 3. The second-order valence-corrected chi connectivity index (χ2v) is 37.1. The molecule has 18 rings (SSSR count). The number of benzene rings is 3. The van der Waals surface area contributed by atoms with Crippen LogP contribution >= 0.6 is 0 Å². The molecule has 0 amide bonds. The van der Waals surface area contributed by atoms with Crippen LogP contribution in [-0.2, 0) is 51.2 Å². The van der Waals surface area contributed by atoms with Crippen LogP contribution in [0.15, 0.2) is 198 Å². The Morgan fingerprint density at radius 3 is 0.769 bits per heavy atom. The summed E-state index contributed by atoms with van der Waals surface area (Å²) >= 11 is 1.67. The van der Waals surface area contributed by atoms with E-state index in [4.69, 9.17) is 19.3 Å². The van der Waals surface area contributed by atoms with Gasteiger partial charge in [-0.1, -0.05) is 76.9 Å². The zero-order chi connectivity index (χ0) is 78.7. The van der Waals surface area contributed by atoms with E-state index in [0.717, 1.165) is 167 Å². The molecule has 12 aromatic rings. The first-order chi connectivity index (χ1) is 54.7. The van der Waals surface area contributed by atoms with Crippen LogP contribution in [0, 0.1) is 4.35 Å². The molecule has 4 radical (unpaired) electrons. The van der Waals surface area contributed by atoms with E-state index in [-0.39, 0.29) is 45.4 Å². The minimum absolute atomic E-state index is 0. The Kier molecular flexibility index (Phi) is 29.4. The van der Waals surface area contributed by atoms with E-state index in [0.29, 0.717) is 52.8 Å². The molecule has 1 N–H and O–H groups in total. The Morgan fingerprint density at radius 2 is 0.556 bits per heavy atom. The molecule has 3 aromatic carbocycles. The quantitative estimate of drug-likeness (QED) is 0.0936. The van der Waals surface area contributed by atoms with E-state index in [2.05, 4.69) is 84.0 Å². The number of rotatable bonds is 15. The van der Waals surface area contributed by atoms with E-state index >= 15 is 0 Å². The Labute approximate surface area is 702 Å². The van der Waals surface area contributed by atoms with Gasteiger partial charge in [-0.15, -0.1) is 0 Å².